The highest BCUT2D eigenvalue weighted by Crippen LogP contribution is 2.30. The van der Waals surface area contributed by atoms with Gasteiger partial charge in [-0.1, -0.05) is 40.2 Å². The van der Waals surface area contributed by atoms with Crippen molar-refractivity contribution in [2.24, 2.45) is 0 Å². The van der Waals surface area contributed by atoms with E-state index in [9.17, 15) is 8.42 Å². The van der Waals surface area contributed by atoms with Gasteiger partial charge >= 0.3 is 0 Å². The Morgan fingerprint density at radius 3 is 2.48 bits per heavy atom. The summed E-state index contributed by atoms with van der Waals surface area (Å²) < 4.78 is 31.0. The van der Waals surface area contributed by atoms with E-state index in [4.69, 9.17) is 0 Å². The SMILES string of the molecule is Cc1cccn2cc(-c3ccccc3NS(=O)(=O)c3ccc(Br)cc3)nc12. The molecule has 7 heteroatoms. The van der Waals surface area contributed by atoms with Crippen LogP contribution in [0.25, 0.3) is 16.9 Å². The molecule has 0 fully saturated rings. The zero-order valence-electron chi connectivity index (χ0n) is 14.4. The lowest BCUT2D eigenvalue weighted by Gasteiger charge is -2.11. The number of benzene rings is 2. The first kappa shape index (κ1) is 17.8. The Hall–Kier alpha value is -2.64. The number of anilines is 1. The van der Waals surface area contributed by atoms with Gasteiger partial charge in [0, 0.05) is 22.4 Å². The number of halogens is 1. The van der Waals surface area contributed by atoms with Crippen LogP contribution >= 0.6 is 15.9 Å². The number of pyridine rings is 1. The van der Waals surface area contributed by atoms with Gasteiger partial charge in [0.05, 0.1) is 16.3 Å². The van der Waals surface area contributed by atoms with Crippen molar-refractivity contribution in [1.82, 2.24) is 9.38 Å². The molecule has 0 aliphatic rings. The molecule has 2 heterocycles. The molecule has 0 unspecified atom stereocenters. The van der Waals surface area contributed by atoms with Gasteiger partial charge in [-0.15, -0.1) is 0 Å². The summed E-state index contributed by atoms with van der Waals surface area (Å²) in [7, 11) is -3.70. The molecule has 2 aromatic heterocycles. The number of nitrogens with zero attached hydrogens (tertiary/aromatic N) is 2. The molecule has 0 amide bonds. The molecule has 0 bridgehead atoms. The van der Waals surface area contributed by atoms with Gasteiger partial charge in [-0.05, 0) is 48.9 Å². The van der Waals surface area contributed by atoms with Crippen LogP contribution in [0.4, 0.5) is 5.69 Å². The standard InChI is InChI=1S/C20H16BrN3O2S/c1-14-5-4-12-24-13-19(22-20(14)24)17-6-2-3-7-18(17)23-27(25,26)16-10-8-15(21)9-11-16/h2-13,23H,1H3. The number of hydrogen-bond donors (Lipinski definition) is 1. The highest BCUT2D eigenvalue weighted by atomic mass is 79.9. The van der Waals surface area contributed by atoms with Crippen LogP contribution in [0.5, 0.6) is 0 Å². The first-order chi connectivity index (χ1) is 12.9. The Balaban J connectivity index is 1.77. The highest BCUT2D eigenvalue weighted by molar-refractivity contribution is 9.10. The van der Waals surface area contributed by atoms with E-state index < -0.39 is 10.0 Å². The fourth-order valence-corrected chi connectivity index (χ4v) is 4.24. The molecule has 1 N–H and O–H groups in total. The van der Waals surface area contributed by atoms with Gasteiger partial charge in [0.15, 0.2) is 0 Å². The second-order valence-electron chi connectivity index (χ2n) is 6.15. The third-order valence-corrected chi connectivity index (χ3v) is 6.16. The van der Waals surface area contributed by atoms with Crippen molar-refractivity contribution in [3.05, 3.63) is 83.1 Å². The zero-order chi connectivity index (χ0) is 19.0. The van der Waals surface area contributed by atoms with E-state index in [1.165, 1.54) is 0 Å². The number of rotatable bonds is 4. The molecule has 0 radical (unpaired) electrons. The monoisotopic (exact) mass is 441 g/mol. The van der Waals surface area contributed by atoms with Crippen LogP contribution < -0.4 is 4.72 Å². The molecule has 4 aromatic rings. The zero-order valence-corrected chi connectivity index (χ0v) is 16.8. The normalized spacial score (nSPS) is 11.6. The van der Waals surface area contributed by atoms with Crippen LogP contribution in [-0.2, 0) is 10.0 Å². The van der Waals surface area contributed by atoms with Gasteiger partial charge in [-0.3, -0.25) is 4.72 Å². The third kappa shape index (κ3) is 3.48. The molecule has 4 rings (SSSR count). The average molecular weight is 442 g/mol. The lowest BCUT2D eigenvalue weighted by Crippen LogP contribution is -2.13. The quantitative estimate of drug-likeness (QED) is 0.491. The van der Waals surface area contributed by atoms with Crippen LogP contribution in [0.3, 0.4) is 0 Å². The summed E-state index contributed by atoms with van der Waals surface area (Å²) in [5.74, 6) is 0. The highest BCUT2D eigenvalue weighted by Gasteiger charge is 2.17. The summed E-state index contributed by atoms with van der Waals surface area (Å²) >= 11 is 3.32. The summed E-state index contributed by atoms with van der Waals surface area (Å²) in [6, 6.07) is 17.7. The lowest BCUT2D eigenvalue weighted by molar-refractivity contribution is 0.601. The largest absolute Gasteiger partial charge is 0.306 e. The Kier molecular flexibility index (Phi) is 4.49. The number of fused-ring (bicyclic) bond motifs is 1. The van der Waals surface area contributed by atoms with E-state index in [2.05, 4.69) is 25.6 Å². The Morgan fingerprint density at radius 1 is 1.00 bits per heavy atom. The van der Waals surface area contributed by atoms with Crippen LogP contribution in [0.1, 0.15) is 5.56 Å². The minimum Gasteiger partial charge on any atom is -0.306 e. The van der Waals surface area contributed by atoms with E-state index >= 15 is 0 Å². The summed E-state index contributed by atoms with van der Waals surface area (Å²) in [6.07, 6.45) is 3.82. The second kappa shape index (κ2) is 6.83. The molecule has 0 aliphatic heterocycles. The van der Waals surface area contributed by atoms with Crippen molar-refractivity contribution >= 4 is 37.3 Å². The molecular weight excluding hydrogens is 426 g/mol. The van der Waals surface area contributed by atoms with Gasteiger partial charge in [0.25, 0.3) is 10.0 Å². The molecule has 0 atom stereocenters. The molecule has 27 heavy (non-hydrogen) atoms. The molecule has 0 spiro atoms. The van der Waals surface area contributed by atoms with E-state index in [0.29, 0.717) is 11.4 Å². The number of sulfonamides is 1. The number of nitrogens with one attached hydrogen (secondary N) is 1. The van der Waals surface area contributed by atoms with Crippen molar-refractivity contribution in [1.29, 1.82) is 0 Å². The molecule has 0 saturated carbocycles. The van der Waals surface area contributed by atoms with Gasteiger partial charge in [0.2, 0.25) is 0 Å². The predicted octanol–water partition coefficient (Wildman–Crippen LogP) is 4.87. The fourth-order valence-electron chi connectivity index (χ4n) is 2.90. The van der Waals surface area contributed by atoms with Crippen molar-refractivity contribution in [3.63, 3.8) is 0 Å². The van der Waals surface area contributed by atoms with Gasteiger partial charge in [-0.25, -0.2) is 13.4 Å². The predicted molar refractivity (Wildman–Crippen MR) is 110 cm³/mol. The summed E-state index contributed by atoms with van der Waals surface area (Å²) in [5.41, 5.74) is 3.82. The molecular formula is C20H16BrN3O2S. The first-order valence-corrected chi connectivity index (χ1v) is 10.5. The summed E-state index contributed by atoms with van der Waals surface area (Å²) in [5, 5.41) is 0. The van der Waals surface area contributed by atoms with Gasteiger partial charge in [-0.2, -0.15) is 0 Å². The maximum Gasteiger partial charge on any atom is 0.261 e. The molecule has 0 aliphatic carbocycles. The summed E-state index contributed by atoms with van der Waals surface area (Å²) in [4.78, 5) is 4.88. The van der Waals surface area contributed by atoms with Crippen molar-refractivity contribution in [2.45, 2.75) is 11.8 Å². The minimum absolute atomic E-state index is 0.200. The number of para-hydroxylation sites is 1. The van der Waals surface area contributed by atoms with Crippen LogP contribution in [0.15, 0.2) is 82.4 Å². The third-order valence-electron chi connectivity index (χ3n) is 4.25. The van der Waals surface area contributed by atoms with Gasteiger partial charge < -0.3 is 4.40 Å². The smallest absolute Gasteiger partial charge is 0.261 e. The van der Waals surface area contributed by atoms with E-state index in [0.717, 1.165) is 21.2 Å². The van der Waals surface area contributed by atoms with Crippen molar-refractivity contribution in [2.75, 3.05) is 4.72 Å². The van der Waals surface area contributed by atoms with E-state index in [1.807, 2.05) is 48.0 Å². The van der Waals surface area contributed by atoms with Crippen molar-refractivity contribution in [3.8, 4) is 11.3 Å². The number of imidazole rings is 1. The molecule has 0 saturated heterocycles. The Morgan fingerprint density at radius 2 is 1.74 bits per heavy atom. The van der Waals surface area contributed by atoms with Crippen LogP contribution in [0, 0.1) is 6.92 Å². The fraction of sp³-hybridized carbons (Fsp3) is 0.0500. The number of aryl methyl sites for hydroxylation is 1. The average Bonchev–Trinajstić information content (AvgIpc) is 3.08. The Bertz CT molecular complexity index is 1230. The maximum absolute atomic E-state index is 12.8. The molecule has 136 valence electrons. The summed E-state index contributed by atoms with van der Waals surface area (Å²) in [6.45, 7) is 1.99. The van der Waals surface area contributed by atoms with E-state index in [1.54, 1.807) is 36.4 Å². The topological polar surface area (TPSA) is 63.5 Å². The second-order valence-corrected chi connectivity index (χ2v) is 8.75. The molecule has 5 nitrogen and oxygen atoms in total. The van der Waals surface area contributed by atoms with Crippen molar-refractivity contribution < 1.29 is 8.42 Å². The Labute approximate surface area is 165 Å². The van der Waals surface area contributed by atoms with E-state index in [-0.39, 0.29) is 4.90 Å². The van der Waals surface area contributed by atoms with Gasteiger partial charge in [0.1, 0.15) is 5.65 Å². The minimum atomic E-state index is -3.70. The number of hydrogen-bond acceptors (Lipinski definition) is 3. The lowest BCUT2D eigenvalue weighted by atomic mass is 10.1. The first-order valence-electron chi connectivity index (χ1n) is 8.26. The van der Waals surface area contributed by atoms with Crippen LogP contribution in [0.2, 0.25) is 0 Å². The maximum atomic E-state index is 12.8. The van der Waals surface area contributed by atoms with Crippen LogP contribution in [-0.4, -0.2) is 17.8 Å². The number of aromatic nitrogens is 2. The molecule has 2 aromatic carbocycles.